The lowest BCUT2D eigenvalue weighted by Gasteiger charge is -2.20. The molecule has 0 spiro atoms. The molecule has 0 aliphatic carbocycles. The molecule has 1 aromatic rings. The lowest BCUT2D eigenvalue weighted by Crippen LogP contribution is -2.35. The Kier molecular flexibility index (Phi) is 4.32. The third kappa shape index (κ3) is 3.61. The van der Waals surface area contributed by atoms with Crippen LogP contribution in [0.1, 0.15) is 20.3 Å². The van der Waals surface area contributed by atoms with E-state index in [-0.39, 0.29) is 5.91 Å². The number of carbonyl (C=O) groups excluding carboxylic acids is 1. The molecule has 104 valence electrons. The molecule has 1 aromatic carbocycles. The summed E-state index contributed by atoms with van der Waals surface area (Å²) >= 11 is 5.84. The van der Waals surface area contributed by atoms with Crippen molar-refractivity contribution in [2.75, 3.05) is 24.1 Å². The van der Waals surface area contributed by atoms with Crippen LogP contribution in [0.5, 0.6) is 0 Å². The molecule has 1 fully saturated rings. The standard InChI is InChI=1S/C14H20ClN3O/c1-9-5-10(2)18(7-9)8-14(19)17-11-3-4-12(15)13(16)6-11/h3-4,6,9-10H,5,7-8,16H2,1-2H3,(H,17,19). The van der Waals surface area contributed by atoms with Gasteiger partial charge in [-0.2, -0.15) is 0 Å². The van der Waals surface area contributed by atoms with E-state index in [2.05, 4.69) is 24.1 Å². The van der Waals surface area contributed by atoms with Gasteiger partial charge in [0.05, 0.1) is 17.3 Å². The van der Waals surface area contributed by atoms with Crippen LogP contribution in [-0.4, -0.2) is 29.9 Å². The van der Waals surface area contributed by atoms with E-state index in [1.165, 1.54) is 0 Å². The summed E-state index contributed by atoms with van der Waals surface area (Å²) in [6.45, 7) is 5.79. The lowest BCUT2D eigenvalue weighted by atomic mass is 10.1. The molecule has 3 N–H and O–H groups in total. The van der Waals surface area contributed by atoms with Crippen LogP contribution >= 0.6 is 11.6 Å². The highest BCUT2D eigenvalue weighted by atomic mass is 35.5. The highest BCUT2D eigenvalue weighted by Gasteiger charge is 2.27. The van der Waals surface area contributed by atoms with E-state index in [1.807, 2.05) is 0 Å². The Bertz CT molecular complexity index is 478. The molecule has 1 aliphatic heterocycles. The predicted molar refractivity (Wildman–Crippen MR) is 79.3 cm³/mol. The summed E-state index contributed by atoms with van der Waals surface area (Å²) in [5, 5.41) is 3.35. The number of rotatable bonds is 3. The molecule has 0 aromatic heterocycles. The molecule has 0 saturated carbocycles. The van der Waals surface area contributed by atoms with Crippen LogP contribution in [0, 0.1) is 5.92 Å². The minimum atomic E-state index is -0.0114. The van der Waals surface area contributed by atoms with Gasteiger partial charge < -0.3 is 11.1 Å². The number of nitrogens with two attached hydrogens (primary N) is 1. The highest BCUT2D eigenvalue weighted by Crippen LogP contribution is 2.23. The van der Waals surface area contributed by atoms with E-state index < -0.39 is 0 Å². The zero-order valence-corrected chi connectivity index (χ0v) is 12.1. The van der Waals surface area contributed by atoms with Gasteiger partial charge >= 0.3 is 0 Å². The van der Waals surface area contributed by atoms with Gasteiger partial charge in [-0.3, -0.25) is 9.69 Å². The van der Waals surface area contributed by atoms with Crippen molar-refractivity contribution in [3.05, 3.63) is 23.2 Å². The Morgan fingerprint density at radius 3 is 2.84 bits per heavy atom. The largest absolute Gasteiger partial charge is 0.397 e. The third-order valence-electron chi connectivity index (χ3n) is 3.54. The number of nitrogens with zero attached hydrogens (tertiary/aromatic N) is 1. The van der Waals surface area contributed by atoms with Gasteiger partial charge in [0.2, 0.25) is 5.91 Å². The van der Waals surface area contributed by atoms with Crippen LogP contribution in [-0.2, 0) is 4.79 Å². The number of nitrogens with one attached hydrogen (secondary N) is 1. The Balaban J connectivity index is 1.92. The number of carbonyl (C=O) groups is 1. The molecule has 0 radical (unpaired) electrons. The summed E-state index contributed by atoms with van der Waals surface area (Å²) in [5.74, 6) is 0.650. The monoisotopic (exact) mass is 281 g/mol. The number of nitrogen functional groups attached to an aromatic ring is 1. The molecule has 19 heavy (non-hydrogen) atoms. The maximum absolute atomic E-state index is 12.0. The number of hydrogen-bond donors (Lipinski definition) is 2. The quantitative estimate of drug-likeness (QED) is 0.837. The maximum atomic E-state index is 12.0. The van der Waals surface area contributed by atoms with Gasteiger partial charge in [0.15, 0.2) is 0 Å². The van der Waals surface area contributed by atoms with E-state index in [1.54, 1.807) is 18.2 Å². The van der Waals surface area contributed by atoms with Crippen LogP contribution < -0.4 is 11.1 Å². The molecule has 5 heteroatoms. The summed E-state index contributed by atoms with van der Waals surface area (Å²) in [4.78, 5) is 14.2. The molecule has 1 heterocycles. The first-order valence-electron chi connectivity index (χ1n) is 6.54. The fourth-order valence-electron chi connectivity index (χ4n) is 2.61. The maximum Gasteiger partial charge on any atom is 0.238 e. The van der Waals surface area contributed by atoms with Crippen LogP contribution in [0.4, 0.5) is 11.4 Å². The molecule has 2 unspecified atom stereocenters. The Morgan fingerprint density at radius 1 is 1.53 bits per heavy atom. The van der Waals surface area contributed by atoms with Crippen molar-refractivity contribution >= 4 is 28.9 Å². The second-order valence-electron chi connectivity index (χ2n) is 5.40. The van der Waals surface area contributed by atoms with Gasteiger partial charge in [-0.05, 0) is 37.5 Å². The van der Waals surface area contributed by atoms with Crippen molar-refractivity contribution in [2.24, 2.45) is 5.92 Å². The van der Waals surface area contributed by atoms with Gasteiger partial charge in [-0.15, -0.1) is 0 Å². The number of benzene rings is 1. The second-order valence-corrected chi connectivity index (χ2v) is 5.81. The number of likely N-dealkylation sites (tertiary alicyclic amines) is 1. The fraction of sp³-hybridized carbons (Fsp3) is 0.500. The Morgan fingerprint density at radius 2 is 2.26 bits per heavy atom. The molecular weight excluding hydrogens is 262 g/mol. The average molecular weight is 282 g/mol. The summed E-state index contributed by atoms with van der Waals surface area (Å²) in [7, 11) is 0. The molecular formula is C14H20ClN3O. The first kappa shape index (κ1) is 14.2. The number of anilines is 2. The normalized spacial score (nSPS) is 23.5. The van der Waals surface area contributed by atoms with Crippen molar-refractivity contribution in [1.29, 1.82) is 0 Å². The van der Waals surface area contributed by atoms with Gasteiger partial charge in [0.25, 0.3) is 0 Å². The summed E-state index contributed by atoms with van der Waals surface area (Å²) < 4.78 is 0. The molecule has 4 nitrogen and oxygen atoms in total. The highest BCUT2D eigenvalue weighted by molar-refractivity contribution is 6.33. The Labute approximate surface area is 118 Å². The third-order valence-corrected chi connectivity index (χ3v) is 3.88. The Hall–Kier alpha value is -1.26. The average Bonchev–Trinajstić information content (AvgIpc) is 2.62. The zero-order valence-electron chi connectivity index (χ0n) is 11.3. The van der Waals surface area contributed by atoms with E-state index in [9.17, 15) is 4.79 Å². The van der Waals surface area contributed by atoms with Crippen molar-refractivity contribution in [1.82, 2.24) is 4.90 Å². The fourth-order valence-corrected chi connectivity index (χ4v) is 2.73. The molecule has 1 amide bonds. The van der Waals surface area contributed by atoms with Crippen molar-refractivity contribution in [2.45, 2.75) is 26.3 Å². The van der Waals surface area contributed by atoms with E-state index in [0.717, 1.165) is 13.0 Å². The van der Waals surface area contributed by atoms with Crippen molar-refractivity contribution < 1.29 is 4.79 Å². The predicted octanol–water partition coefficient (Wildman–Crippen LogP) is 2.59. The smallest absolute Gasteiger partial charge is 0.238 e. The van der Waals surface area contributed by atoms with E-state index in [4.69, 9.17) is 17.3 Å². The van der Waals surface area contributed by atoms with Gasteiger partial charge in [0.1, 0.15) is 0 Å². The summed E-state index contributed by atoms with van der Waals surface area (Å²) in [6.07, 6.45) is 1.15. The minimum absolute atomic E-state index is 0.0114. The second kappa shape index (κ2) is 5.80. The first-order valence-corrected chi connectivity index (χ1v) is 6.92. The van der Waals surface area contributed by atoms with Gasteiger partial charge in [-0.25, -0.2) is 0 Å². The minimum Gasteiger partial charge on any atom is -0.397 e. The van der Waals surface area contributed by atoms with Gasteiger partial charge in [0, 0.05) is 18.3 Å². The van der Waals surface area contributed by atoms with Crippen LogP contribution in [0.15, 0.2) is 18.2 Å². The zero-order chi connectivity index (χ0) is 14.0. The number of hydrogen-bond acceptors (Lipinski definition) is 3. The molecule has 2 atom stereocenters. The SMILES string of the molecule is CC1CC(C)N(CC(=O)Nc2ccc(Cl)c(N)c2)C1. The first-order chi connectivity index (χ1) is 8.95. The lowest BCUT2D eigenvalue weighted by molar-refractivity contribution is -0.117. The van der Waals surface area contributed by atoms with Crippen LogP contribution in [0.2, 0.25) is 5.02 Å². The van der Waals surface area contributed by atoms with Gasteiger partial charge in [-0.1, -0.05) is 18.5 Å². The molecule has 1 aliphatic rings. The summed E-state index contributed by atoms with van der Waals surface area (Å²) in [5.41, 5.74) is 6.87. The van der Waals surface area contributed by atoms with Crippen LogP contribution in [0.3, 0.4) is 0 Å². The van der Waals surface area contributed by atoms with Crippen LogP contribution in [0.25, 0.3) is 0 Å². The van der Waals surface area contributed by atoms with E-state index in [0.29, 0.717) is 34.9 Å². The molecule has 2 rings (SSSR count). The van der Waals surface area contributed by atoms with E-state index >= 15 is 0 Å². The van der Waals surface area contributed by atoms with Crippen molar-refractivity contribution in [3.63, 3.8) is 0 Å². The number of halogens is 1. The summed E-state index contributed by atoms with van der Waals surface area (Å²) in [6, 6.07) is 5.59. The topological polar surface area (TPSA) is 58.4 Å². The van der Waals surface area contributed by atoms with Crippen molar-refractivity contribution in [3.8, 4) is 0 Å². The molecule has 0 bridgehead atoms. The number of amides is 1. The molecule has 1 saturated heterocycles.